The van der Waals surface area contributed by atoms with Crippen LogP contribution < -0.4 is 20.1 Å². The SMILES string of the molecule is CN(C)Cc1ccc(N/C(=C2\C(=O)Nc3cc([N+](=O)[O-])ccc32)c2ccc3c(c2)OCCO3)cc1. The van der Waals surface area contributed by atoms with Gasteiger partial charge in [-0.2, -0.15) is 0 Å². The van der Waals surface area contributed by atoms with E-state index in [4.69, 9.17) is 9.47 Å². The Kier molecular flexibility index (Phi) is 5.84. The molecule has 0 aliphatic carbocycles. The summed E-state index contributed by atoms with van der Waals surface area (Å²) in [5.41, 5.74) is 4.54. The zero-order valence-electron chi connectivity index (χ0n) is 19.3. The highest BCUT2D eigenvalue weighted by Gasteiger charge is 2.30. The summed E-state index contributed by atoms with van der Waals surface area (Å²) in [5, 5.41) is 17.4. The Morgan fingerprint density at radius 3 is 2.49 bits per heavy atom. The van der Waals surface area contributed by atoms with Crippen LogP contribution in [0, 0.1) is 10.1 Å². The van der Waals surface area contributed by atoms with Gasteiger partial charge in [-0.25, -0.2) is 0 Å². The Bertz CT molecular complexity index is 1350. The van der Waals surface area contributed by atoms with Gasteiger partial charge in [-0.05, 0) is 56.1 Å². The molecule has 2 N–H and O–H groups in total. The molecule has 35 heavy (non-hydrogen) atoms. The molecule has 2 aliphatic heterocycles. The molecule has 0 saturated heterocycles. The van der Waals surface area contributed by atoms with Gasteiger partial charge in [0, 0.05) is 35.5 Å². The van der Waals surface area contributed by atoms with E-state index in [1.807, 2.05) is 56.6 Å². The number of ether oxygens (including phenoxy) is 2. The zero-order chi connectivity index (χ0) is 24.5. The maximum atomic E-state index is 13.1. The van der Waals surface area contributed by atoms with Gasteiger partial charge in [0.05, 0.1) is 21.9 Å². The van der Waals surface area contributed by atoms with Crippen LogP contribution in [0.1, 0.15) is 16.7 Å². The minimum atomic E-state index is -0.483. The third-order valence-electron chi connectivity index (χ3n) is 5.76. The number of benzene rings is 3. The van der Waals surface area contributed by atoms with E-state index in [9.17, 15) is 14.9 Å². The molecule has 0 atom stereocenters. The van der Waals surface area contributed by atoms with Crippen molar-refractivity contribution >= 4 is 34.2 Å². The molecule has 0 fully saturated rings. The van der Waals surface area contributed by atoms with Gasteiger partial charge in [0.15, 0.2) is 11.5 Å². The maximum absolute atomic E-state index is 13.1. The molecule has 2 aliphatic rings. The Balaban J connectivity index is 1.61. The van der Waals surface area contributed by atoms with Gasteiger partial charge in [0.1, 0.15) is 13.2 Å². The van der Waals surface area contributed by atoms with Crippen molar-refractivity contribution in [2.45, 2.75) is 6.54 Å². The number of nitro benzene ring substituents is 1. The Hall–Kier alpha value is -4.37. The average Bonchev–Trinajstić information content (AvgIpc) is 3.17. The van der Waals surface area contributed by atoms with Crippen LogP contribution in [0.15, 0.2) is 60.7 Å². The van der Waals surface area contributed by atoms with E-state index in [0.717, 1.165) is 23.4 Å². The van der Waals surface area contributed by atoms with Crippen LogP contribution >= 0.6 is 0 Å². The Labute approximate surface area is 202 Å². The largest absolute Gasteiger partial charge is 0.486 e. The minimum absolute atomic E-state index is 0.0874. The van der Waals surface area contributed by atoms with Gasteiger partial charge in [-0.15, -0.1) is 0 Å². The predicted molar refractivity (Wildman–Crippen MR) is 133 cm³/mol. The van der Waals surface area contributed by atoms with Gasteiger partial charge in [0.2, 0.25) is 0 Å². The zero-order valence-corrected chi connectivity index (χ0v) is 19.3. The monoisotopic (exact) mass is 472 g/mol. The number of hydrogen-bond donors (Lipinski definition) is 2. The Morgan fingerprint density at radius 1 is 1.03 bits per heavy atom. The van der Waals surface area contributed by atoms with Gasteiger partial charge in [-0.1, -0.05) is 12.1 Å². The van der Waals surface area contributed by atoms with Crippen LogP contribution in [0.5, 0.6) is 11.5 Å². The fraction of sp³-hybridized carbons (Fsp3) is 0.192. The van der Waals surface area contributed by atoms with E-state index < -0.39 is 4.92 Å². The van der Waals surface area contributed by atoms with E-state index in [0.29, 0.717) is 47.2 Å². The summed E-state index contributed by atoms with van der Waals surface area (Å²) >= 11 is 0. The first kappa shape index (κ1) is 22.4. The number of hydrogen-bond acceptors (Lipinski definition) is 7. The molecule has 0 unspecified atom stereocenters. The second-order valence-corrected chi connectivity index (χ2v) is 8.61. The van der Waals surface area contributed by atoms with Crippen molar-refractivity contribution < 1.29 is 19.2 Å². The smallest absolute Gasteiger partial charge is 0.271 e. The highest BCUT2D eigenvalue weighted by atomic mass is 16.6. The molecule has 3 aromatic rings. The second-order valence-electron chi connectivity index (χ2n) is 8.61. The van der Waals surface area contributed by atoms with Crippen LogP contribution in [0.3, 0.4) is 0 Å². The van der Waals surface area contributed by atoms with Crippen LogP contribution in [0.2, 0.25) is 0 Å². The molecule has 0 aromatic heterocycles. The number of nitro groups is 1. The molecular formula is C26H24N4O5. The van der Waals surface area contributed by atoms with Crippen molar-refractivity contribution in [3.05, 3.63) is 87.5 Å². The van der Waals surface area contributed by atoms with Crippen molar-refractivity contribution in [1.29, 1.82) is 0 Å². The van der Waals surface area contributed by atoms with E-state index in [1.54, 1.807) is 6.07 Å². The summed E-state index contributed by atoms with van der Waals surface area (Å²) in [4.78, 5) is 26.0. The lowest BCUT2D eigenvalue weighted by atomic mass is 9.99. The van der Waals surface area contributed by atoms with Crippen LogP contribution in [0.4, 0.5) is 17.1 Å². The van der Waals surface area contributed by atoms with Crippen LogP contribution in [0.25, 0.3) is 11.3 Å². The first-order chi connectivity index (χ1) is 16.9. The molecular weight excluding hydrogens is 448 g/mol. The molecule has 2 heterocycles. The number of amides is 1. The predicted octanol–water partition coefficient (Wildman–Crippen LogP) is 4.36. The quantitative estimate of drug-likeness (QED) is 0.312. The molecule has 9 heteroatoms. The topological polar surface area (TPSA) is 106 Å². The van der Waals surface area contributed by atoms with Gasteiger partial charge < -0.3 is 25.0 Å². The summed E-state index contributed by atoms with van der Waals surface area (Å²) in [6.45, 7) is 1.73. The summed E-state index contributed by atoms with van der Waals surface area (Å²) < 4.78 is 11.4. The number of carbonyl (C=O) groups excluding carboxylic acids is 1. The van der Waals surface area contributed by atoms with Gasteiger partial charge in [-0.3, -0.25) is 14.9 Å². The second kappa shape index (κ2) is 9.11. The normalized spacial score (nSPS) is 15.5. The number of non-ortho nitro benzene ring substituents is 1. The lowest BCUT2D eigenvalue weighted by Crippen LogP contribution is -2.16. The molecule has 0 spiro atoms. The fourth-order valence-corrected chi connectivity index (χ4v) is 4.20. The van der Waals surface area contributed by atoms with Crippen molar-refractivity contribution in [3.63, 3.8) is 0 Å². The van der Waals surface area contributed by atoms with Crippen LogP contribution in [-0.4, -0.2) is 43.0 Å². The number of rotatable bonds is 6. The van der Waals surface area contributed by atoms with Crippen molar-refractivity contribution in [3.8, 4) is 11.5 Å². The molecule has 178 valence electrons. The lowest BCUT2D eigenvalue weighted by molar-refractivity contribution is -0.384. The van der Waals surface area contributed by atoms with Gasteiger partial charge in [0.25, 0.3) is 11.6 Å². The van der Waals surface area contributed by atoms with Crippen molar-refractivity contribution in [2.24, 2.45) is 0 Å². The van der Waals surface area contributed by atoms with E-state index in [2.05, 4.69) is 15.5 Å². The van der Waals surface area contributed by atoms with Crippen LogP contribution in [-0.2, 0) is 11.3 Å². The maximum Gasteiger partial charge on any atom is 0.271 e. The molecule has 0 bridgehead atoms. The van der Waals surface area contributed by atoms with Crippen molar-refractivity contribution in [1.82, 2.24) is 4.90 Å². The van der Waals surface area contributed by atoms with E-state index in [1.165, 1.54) is 12.1 Å². The molecule has 0 radical (unpaired) electrons. The molecule has 0 saturated carbocycles. The lowest BCUT2D eigenvalue weighted by Gasteiger charge is -2.21. The molecule has 1 amide bonds. The third kappa shape index (κ3) is 4.53. The minimum Gasteiger partial charge on any atom is -0.486 e. The number of anilines is 2. The van der Waals surface area contributed by atoms with E-state index >= 15 is 0 Å². The average molecular weight is 473 g/mol. The third-order valence-corrected chi connectivity index (χ3v) is 5.76. The fourth-order valence-electron chi connectivity index (χ4n) is 4.20. The first-order valence-electron chi connectivity index (χ1n) is 11.1. The highest BCUT2D eigenvalue weighted by Crippen LogP contribution is 2.41. The summed E-state index contributed by atoms with van der Waals surface area (Å²) in [6, 6.07) is 17.9. The molecule has 5 rings (SSSR count). The van der Waals surface area contributed by atoms with E-state index in [-0.39, 0.29) is 11.6 Å². The summed E-state index contributed by atoms with van der Waals surface area (Å²) in [6.07, 6.45) is 0. The number of nitrogens with zero attached hydrogens (tertiary/aromatic N) is 2. The highest BCUT2D eigenvalue weighted by molar-refractivity contribution is 6.37. The van der Waals surface area contributed by atoms with Crippen molar-refractivity contribution in [2.75, 3.05) is 37.9 Å². The first-order valence-corrected chi connectivity index (χ1v) is 11.1. The number of fused-ring (bicyclic) bond motifs is 2. The van der Waals surface area contributed by atoms with Gasteiger partial charge >= 0.3 is 0 Å². The summed E-state index contributed by atoms with van der Waals surface area (Å²) in [5.74, 6) is 0.892. The molecule has 9 nitrogen and oxygen atoms in total. The summed E-state index contributed by atoms with van der Waals surface area (Å²) in [7, 11) is 4.02. The standard InChI is InChI=1S/C26H24N4O5/c1-29(2)15-16-3-6-18(7-4-16)27-25(17-5-10-22-23(13-17)35-12-11-34-22)24-20-9-8-19(30(32)33)14-21(20)28-26(24)31/h3-10,13-14,27H,11-12,15H2,1-2H3,(H,28,31)/b25-24-. The number of carbonyl (C=O) groups is 1. The number of nitrogens with one attached hydrogen (secondary N) is 2. The molecule has 3 aromatic carbocycles. The Morgan fingerprint density at radius 2 is 1.77 bits per heavy atom.